The van der Waals surface area contributed by atoms with E-state index in [1.54, 1.807) is 12.1 Å². The Labute approximate surface area is 140 Å². The molecule has 0 bridgehead atoms. The van der Waals surface area contributed by atoms with Crippen molar-refractivity contribution in [1.29, 1.82) is 0 Å². The molecule has 0 fully saturated rings. The van der Waals surface area contributed by atoms with Crippen molar-refractivity contribution in [2.24, 2.45) is 0 Å². The lowest BCUT2D eigenvalue weighted by Crippen LogP contribution is -2.49. The highest BCUT2D eigenvalue weighted by Gasteiger charge is 2.73. The number of rotatable bonds is 3. The maximum Gasteiger partial charge on any atom is 0.394 e. The third-order valence-electron chi connectivity index (χ3n) is 3.68. The molecule has 0 aliphatic rings. The summed E-state index contributed by atoms with van der Waals surface area (Å²) in [5, 5.41) is -5.04. The number of hydrogen-bond acceptors (Lipinski definition) is 2. The van der Waals surface area contributed by atoms with Crippen LogP contribution in [0.2, 0.25) is 0 Å². The van der Waals surface area contributed by atoms with E-state index in [9.17, 15) is 31.1 Å². The number of hydrogen-bond donors (Lipinski definition) is 0. The second kappa shape index (κ2) is 5.39. The van der Waals surface area contributed by atoms with E-state index in [1.807, 2.05) is 0 Å². The van der Waals surface area contributed by atoms with Crippen LogP contribution in [0.15, 0.2) is 51.7 Å². The van der Waals surface area contributed by atoms with E-state index >= 15 is 0 Å². The highest BCUT2D eigenvalue weighted by Crippen LogP contribution is 2.52. The average molecular weight is 381 g/mol. The highest BCUT2D eigenvalue weighted by atomic mass is 35.5. The van der Waals surface area contributed by atoms with Crippen LogP contribution in [0.1, 0.15) is 5.76 Å². The first-order valence-electron chi connectivity index (χ1n) is 6.75. The minimum absolute atomic E-state index is 0.0631. The van der Waals surface area contributed by atoms with Gasteiger partial charge in [0.05, 0.1) is 5.39 Å². The van der Waals surface area contributed by atoms with E-state index in [1.165, 1.54) is 24.3 Å². The van der Waals surface area contributed by atoms with Gasteiger partial charge in [-0.2, -0.15) is 26.3 Å². The molecule has 0 radical (unpaired) electrons. The molecule has 25 heavy (non-hydrogen) atoms. The first kappa shape index (κ1) is 17.6. The van der Waals surface area contributed by atoms with Gasteiger partial charge < -0.3 is 4.42 Å². The van der Waals surface area contributed by atoms with Gasteiger partial charge in [0.25, 0.3) is 0 Å². The maximum atomic E-state index is 14.0. The molecule has 0 aliphatic heterocycles. The van der Waals surface area contributed by atoms with Gasteiger partial charge in [0.15, 0.2) is 11.2 Å². The fourth-order valence-corrected chi connectivity index (χ4v) is 2.49. The van der Waals surface area contributed by atoms with Crippen molar-refractivity contribution in [3.8, 4) is 0 Å². The summed E-state index contributed by atoms with van der Waals surface area (Å²) in [6.07, 6.45) is 0. The summed E-state index contributed by atoms with van der Waals surface area (Å²) in [7, 11) is 0. The van der Waals surface area contributed by atoms with Crippen molar-refractivity contribution in [2.75, 3.05) is 0 Å². The van der Waals surface area contributed by atoms with Crippen molar-refractivity contribution in [2.45, 2.75) is 17.2 Å². The van der Waals surface area contributed by atoms with Crippen molar-refractivity contribution in [3.63, 3.8) is 0 Å². The molecule has 0 aliphatic carbocycles. The molecule has 3 rings (SSSR count). The van der Waals surface area contributed by atoms with Gasteiger partial charge in [-0.15, -0.1) is 0 Å². The fourth-order valence-electron chi connectivity index (χ4n) is 2.37. The van der Waals surface area contributed by atoms with E-state index in [0.29, 0.717) is 5.39 Å². The van der Waals surface area contributed by atoms with Crippen molar-refractivity contribution < 1.29 is 30.8 Å². The Morgan fingerprint density at radius 3 is 2.16 bits per heavy atom. The van der Waals surface area contributed by atoms with Crippen LogP contribution in [0.3, 0.4) is 0 Å². The molecular weight excluding hydrogens is 374 g/mol. The van der Waals surface area contributed by atoms with Gasteiger partial charge in [-0.05, 0) is 23.1 Å². The Morgan fingerprint density at radius 2 is 1.52 bits per heavy atom. The predicted octanol–water partition coefficient (Wildman–Crippen LogP) is 5.50. The van der Waals surface area contributed by atoms with Gasteiger partial charge in [0.1, 0.15) is 5.58 Å². The number of alkyl halides is 7. The van der Waals surface area contributed by atoms with Crippen LogP contribution in [-0.2, 0) is 5.92 Å². The minimum Gasteiger partial charge on any atom is -0.453 e. The molecular formula is C16H7ClF6O2. The van der Waals surface area contributed by atoms with Crippen LogP contribution in [-0.4, -0.2) is 11.3 Å². The van der Waals surface area contributed by atoms with E-state index in [4.69, 9.17) is 4.42 Å². The van der Waals surface area contributed by atoms with Gasteiger partial charge in [0.2, 0.25) is 0 Å². The zero-order valence-electron chi connectivity index (χ0n) is 12.0. The summed E-state index contributed by atoms with van der Waals surface area (Å²) in [6, 6.07) is 8.94. The SMILES string of the molecule is O=c1cc(C(F)(F)C(F)(F)C(F)(F)Cl)oc2c1ccc1ccccc12. The van der Waals surface area contributed by atoms with E-state index < -0.39 is 34.0 Å². The molecule has 0 spiro atoms. The Bertz CT molecular complexity index is 1020. The zero-order valence-corrected chi connectivity index (χ0v) is 12.8. The van der Waals surface area contributed by atoms with Crippen LogP contribution >= 0.6 is 11.6 Å². The topological polar surface area (TPSA) is 30.2 Å². The maximum absolute atomic E-state index is 14.0. The summed E-state index contributed by atoms with van der Waals surface area (Å²) < 4.78 is 85.2. The predicted molar refractivity (Wildman–Crippen MR) is 79.6 cm³/mol. The molecule has 0 unspecified atom stereocenters. The molecule has 0 saturated carbocycles. The van der Waals surface area contributed by atoms with Crippen LogP contribution in [0.5, 0.6) is 0 Å². The Morgan fingerprint density at radius 1 is 0.880 bits per heavy atom. The molecule has 0 amide bonds. The van der Waals surface area contributed by atoms with Crippen LogP contribution < -0.4 is 5.43 Å². The standard InChI is InChI=1S/C16H7ClF6O2/c17-16(22,23)15(20,21)14(18,19)12-7-11(24)10-6-5-8-3-1-2-4-9(8)13(10)25-12/h1-7H. The fraction of sp³-hybridized carbons (Fsp3) is 0.188. The van der Waals surface area contributed by atoms with Gasteiger partial charge in [0, 0.05) is 11.5 Å². The third kappa shape index (κ3) is 2.55. The van der Waals surface area contributed by atoms with E-state index in [-0.39, 0.29) is 16.8 Å². The molecule has 3 aromatic rings. The van der Waals surface area contributed by atoms with E-state index in [2.05, 4.69) is 11.6 Å². The lowest BCUT2D eigenvalue weighted by atomic mass is 10.0. The summed E-state index contributed by atoms with van der Waals surface area (Å²) in [5.74, 6) is -13.4. The average Bonchev–Trinajstić information content (AvgIpc) is 2.53. The summed E-state index contributed by atoms with van der Waals surface area (Å²) in [4.78, 5) is 12.0. The molecule has 9 heteroatoms. The monoisotopic (exact) mass is 380 g/mol. The van der Waals surface area contributed by atoms with Crippen molar-refractivity contribution in [1.82, 2.24) is 0 Å². The molecule has 0 N–H and O–H groups in total. The van der Waals surface area contributed by atoms with E-state index in [0.717, 1.165) is 0 Å². The van der Waals surface area contributed by atoms with Crippen LogP contribution in [0.25, 0.3) is 21.7 Å². The van der Waals surface area contributed by atoms with Crippen LogP contribution in [0, 0.1) is 0 Å². The second-order valence-corrected chi connectivity index (χ2v) is 5.76. The Hall–Kier alpha value is -2.22. The largest absolute Gasteiger partial charge is 0.453 e. The van der Waals surface area contributed by atoms with Crippen molar-refractivity contribution in [3.05, 3.63) is 58.4 Å². The highest BCUT2D eigenvalue weighted by molar-refractivity contribution is 6.22. The molecule has 1 aromatic heterocycles. The Kier molecular flexibility index (Phi) is 3.79. The zero-order chi connectivity index (χ0) is 18.6. The molecule has 2 aromatic carbocycles. The quantitative estimate of drug-likeness (QED) is 0.341. The molecule has 2 nitrogen and oxygen atoms in total. The third-order valence-corrected chi connectivity index (χ3v) is 3.92. The summed E-state index contributed by atoms with van der Waals surface area (Å²) >= 11 is 4.13. The second-order valence-electron chi connectivity index (χ2n) is 5.28. The van der Waals surface area contributed by atoms with Gasteiger partial charge >= 0.3 is 17.2 Å². The van der Waals surface area contributed by atoms with Gasteiger partial charge in [-0.3, -0.25) is 4.79 Å². The smallest absolute Gasteiger partial charge is 0.394 e. The molecule has 1 heterocycles. The molecule has 0 saturated heterocycles. The molecule has 0 atom stereocenters. The van der Waals surface area contributed by atoms with Crippen LogP contribution in [0.4, 0.5) is 26.3 Å². The van der Waals surface area contributed by atoms with Gasteiger partial charge in [-0.25, -0.2) is 0 Å². The number of halogens is 7. The van der Waals surface area contributed by atoms with Crippen molar-refractivity contribution >= 4 is 33.3 Å². The Balaban J connectivity index is 2.35. The number of benzene rings is 2. The normalized spacial score (nSPS) is 13.6. The lowest BCUT2D eigenvalue weighted by molar-refractivity contribution is -0.291. The summed E-state index contributed by atoms with van der Waals surface area (Å²) in [5.41, 5.74) is -1.48. The molecule has 132 valence electrons. The first-order chi connectivity index (χ1) is 11.5. The van der Waals surface area contributed by atoms with Gasteiger partial charge in [-0.1, -0.05) is 30.3 Å². The summed E-state index contributed by atoms with van der Waals surface area (Å²) in [6.45, 7) is 0. The number of fused-ring (bicyclic) bond motifs is 3. The minimum atomic E-state index is -5.98. The lowest BCUT2D eigenvalue weighted by Gasteiger charge is -2.28. The first-order valence-corrected chi connectivity index (χ1v) is 7.13.